The number of ether oxygens (including phenoxy) is 1. The van der Waals surface area contributed by atoms with Crippen LogP contribution in [0.25, 0.3) is 5.69 Å². The smallest absolute Gasteiger partial charge is 0.250 e. The molecule has 1 aliphatic rings. The summed E-state index contributed by atoms with van der Waals surface area (Å²) < 4.78 is 7.23. The molecule has 2 atom stereocenters. The lowest BCUT2D eigenvalue weighted by Crippen LogP contribution is -2.29. The highest BCUT2D eigenvalue weighted by molar-refractivity contribution is 7.80. The van der Waals surface area contributed by atoms with E-state index < -0.39 is 0 Å². The number of benzene rings is 2. The molecule has 1 aliphatic heterocycles. The lowest BCUT2D eigenvalue weighted by atomic mass is 9.96. The molecule has 38 heavy (non-hydrogen) atoms. The van der Waals surface area contributed by atoms with Crippen LogP contribution in [0.15, 0.2) is 79.0 Å². The van der Waals surface area contributed by atoms with Gasteiger partial charge in [0.05, 0.1) is 17.8 Å². The number of hydrogen-bond acceptors (Lipinski definition) is 4. The molecule has 2 N–H and O–H groups in total. The van der Waals surface area contributed by atoms with E-state index in [1.807, 2.05) is 48.7 Å². The fraction of sp³-hybridized carbons (Fsp3) is 0.233. The second-order valence-electron chi connectivity index (χ2n) is 9.47. The molecule has 1 fully saturated rings. The van der Waals surface area contributed by atoms with Crippen molar-refractivity contribution in [1.29, 1.82) is 0 Å². The number of para-hydroxylation sites is 1. The van der Waals surface area contributed by atoms with Gasteiger partial charge >= 0.3 is 0 Å². The predicted molar refractivity (Wildman–Crippen MR) is 155 cm³/mol. The molecule has 8 heteroatoms. The average molecular weight is 526 g/mol. The third-order valence-corrected chi connectivity index (χ3v) is 7.26. The van der Waals surface area contributed by atoms with Crippen LogP contribution in [0.1, 0.15) is 40.3 Å². The highest BCUT2D eigenvalue weighted by atomic mass is 32.1. The molecule has 7 nitrogen and oxygen atoms in total. The van der Waals surface area contributed by atoms with Gasteiger partial charge in [-0.15, -0.1) is 0 Å². The van der Waals surface area contributed by atoms with Crippen molar-refractivity contribution in [3.05, 3.63) is 107 Å². The third-order valence-electron chi connectivity index (χ3n) is 6.95. The summed E-state index contributed by atoms with van der Waals surface area (Å²) in [6.45, 7) is 6.45. The molecule has 2 aromatic heterocycles. The first-order chi connectivity index (χ1) is 18.4. The Morgan fingerprint density at radius 2 is 1.79 bits per heavy atom. The zero-order valence-corrected chi connectivity index (χ0v) is 22.8. The van der Waals surface area contributed by atoms with Crippen molar-refractivity contribution in [2.75, 3.05) is 23.9 Å². The van der Waals surface area contributed by atoms with Crippen LogP contribution in [0, 0.1) is 20.8 Å². The molecule has 1 amide bonds. The van der Waals surface area contributed by atoms with Crippen molar-refractivity contribution in [3.63, 3.8) is 0 Å². The minimum atomic E-state index is -0.199. The van der Waals surface area contributed by atoms with Crippen LogP contribution in [0.4, 0.5) is 11.4 Å². The molecule has 4 aromatic rings. The van der Waals surface area contributed by atoms with E-state index >= 15 is 0 Å². The molecule has 0 spiro atoms. The first kappa shape index (κ1) is 25.6. The Hall–Kier alpha value is -4.01. The van der Waals surface area contributed by atoms with Crippen LogP contribution in [0.3, 0.4) is 0 Å². The van der Waals surface area contributed by atoms with Crippen LogP contribution in [0.5, 0.6) is 0 Å². The maximum atomic E-state index is 12.0. The number of anilines is 2. The van der Waals surface area contributed by atoms with Crippen LogP contribution in [0.2, 0.25) is 0 Å². The largest absolute Gasteiger partial charge is 0.375 e. The number of hydrogen-bond donors (Lipinski definition) is 2. The van der Waals surface area contributed by atoms with Crippen LogP contribution < -0.4 is 15.5 Å². The van der Waals surface area contributed by atoms with E-state index in [0.717, 1.165) is 22.8 Å². The minimum absolute atomic E-state index is 0.00617. The van der Waals surface area contributed by atoms with Gasteiger partial charge in [0.15, 0.2) is 5.11 Å². The van der Waals surface area contributed by atoms with Gasteiger partial charge in [-0.1, -0.05) is 24.3 Å². The first-order valence-electron chi connectivity index (χ1n) is 12.5. The Balaban J connectivity index is 1.59. The fourth-order valence-electron chi connectivity index (χ4n) is 5.25. The molecule has 0 bridgehead atoms. The summed E-state index contributed by atoms with van der Waals surface area (Å²) in [6.07, 6.45) is 1.81. The van der Waals surface area contributed by atoms with Crippen LogP contribution >= 0.6 is 12.2 Å². The van der Waals surface area contributed by atoms with Gasteiger partial charge < -0.3 is 24.8 Å². The van der Waals surface area contributed by atoms with E-state index in [4.69, 9.17) is 17.0 Å². The van der Waals surface area contributed by atoms with Crippen LogP contribution in [-0.4, -0.2) is 34.3 Å². The maximum Gasteiger partial charge on any atom is 0.250 e. The molecule has 3 heterocycles. The number of thiocarbonyl (C=S) groups is 1. The quantitative estimate of drug-likeness (QED) is 0.308. The van der Waals surface area contributed by atoms with Crippen molar-refractivity contribution < 1.29 is 9.53 Å². The monoisotopic (exact) mass is 525 g/mol. The Kier molecular flexibility index (Phi) is 7.26. The number of methoxy groups -OCH3 is 1. The van der Waals surface area contributed by atoms with Crippen LogP contribution in [-0.2, 0) is 9.53 Å². The summed E-state index contributed by atoms with van der Waals surface area (Å²) in [4.78, 5) is 18.8. The van der Waals surface area contributed by atoms with Gasteiger partial charge in [0, 0.05) is 41.8 Å². The number of aromatic nitrogens is 2. The maximum absolute atomic E-state index is 12.0. The number of amides is 1. The molecule has 2 unspecified atom stereocenters. The zero-order chi connectivity index (χ0) is 26.8. The van der Waals surface area contributed by atoms with E-state index in [-0.39, 0.29) is 24.6 Å². The normalized spacial score (nSPS) is 16.9. The molecule has 194 valence electrons. The van der Waals surface area contributed by atoms with E-state index in [1.54, 1.807) is 0 Å². The topological polar surface area (TPSA) is 71.4 Å². The standard InChI is InChI=1S/C30H31N5O2S/c1-19-9-5-6-11-26(19)34-20(2)17-24(21(34)3)29-28(25-10-7-8-16-31-25)33-30(38)35(29)23-14-12-22(13-15-23)32-27(36)18-37-4/h5-17,28-29H,18H2,1-4H3,(H,32,36)(H,33,38). The van der Waals surface area contributed by atoms with E-state index in [0.29, 0.717) is 10.8 Å². The third kappa shape index (κ3) is 4.80. The number of nitrogens with one attached hydrogen (secondary N) is 2. The highest BCUT2D eigenvalue weighted by Gasteiger charge is 2.42. The SMILES string of the molecule is COCC(=O)Nc1ccc(N2C(=S)NC(c3ccccn3)C2c2cc(C)n(-c3ccccc3C)c2C)cc1. The molecule has 0 saturated carbocycles. The molecule has 2 aromatic carbocycles. The number of carbonyl (C=O) groups excluding carboxylic acids is 1. The van der Waals surface area contributed by atoms with Gasteiger partial charge in [-0.3, -0.25) is 9.78 Å². The fourth-order valence-corrected chi connectivity index (χ4v) is 5.60. The van der Waals surface area contributed by atoms with E-state index in [9.17, 15) is 4.79 Å². The highest BCUT2D eigenvalue weighted by Crippen LogP contribution is 2.44. The average Bonchev–Trinajstić information content (AvgIpc) is 3.40. The number of aryl methyl sites for hydroxylation is 2. The van der Waals surface area contributed by atoms with Gasteiger partial charge in [0.1, 0.15) is 6.61 Å². The number of carbonyl (C=O) groups is 1. The zero-order valence-electron chi connectivity index (χ0n) is 21.9. The molecule has 5 rings (SSSR count). The van der Waals surface area contributed by atoms with Crippen molar-refractivity contribution in [2.24, 2.45) is 0 Å². The lowest BCUT2D eigenvalue weighted by molar-refractivity contribution is -0.119. The van der Waals surface area contributed by atoms with Gasteiger partial charge in [0.25, 0.3) is 0 Å². The minimum Gasteiger partial charge on any atom is -0.375 e. The number of rotatable bonds is 7. The Bertz CT molecular complexity index is 1470. The second kappa shape index (κ2) is 10.8. The van der Waals surface area contributed by atoms with Crippen molar-refractivity contribution in [2.45, 2.75) is 32.9 Å². The van der Waals surface area contributed by atoms with Crippen molar-refractivity contribution >= 4 is 34.6 Å². The molecular weight excluding hydrogens is 494 g/mol. The van der Waals surface area contributed by atoms with Gasteiger partial charge in [-0.05, 0) is 92.6 Å². The Morgan fingerprint density at radius 1 is 1.05 bits per heavy atom. The molecule has 1 saturated heterocycles. The second-order valence-corrected chi connectivity index (χ2v) is 9.86. The van der Waals surface area contributed by atoms with E-state index in [1.165, 1.54) is 23.9 Å². The Morgan fingerprint density at radius 3 is 2.47 bits per heavy atom. The molecule has 0 aliphatic carbocycles. The predicted octanol–water partition coefficient (Wildman–Crippen LogP) is 5.56. The summed E-state index contributed by atoms with van der Waals surface area (Å²) >= 11 is 5.91. The lowest BCUT2D eigenvalue weighted by Gasteiger charge is -2.28. The summed E-state index contributed by atoms with van der Waals surface area (Å²) in [7, 11) is 1.50. The molecule has 0 radical (unpaired) electrons. The first-order valence-corrected chi connectivity index (χ1v) is 12.9. The number of nitrogens with zero attached hydrogens (tertiary/aromatic N) is 3. The summed E-state index contributed by atoms with van der Waals surface area (Å²) in [5.41, 5.74) is 8.41. The van der Waals surface area contributed by atoms with E-state index in [2.05, 4.69) is 76.2 Å². The van der Waals surface area contributed by atoms with Crippen molar-refractivity contribution in [3.8, 4) is 5.69 Å². The molecular formula is C30H31N5O2S. The Labute approximate surface area is 228 Å². The number of pyridine rings is 1. The van der Waals surface area contributed by atoms with Gasteiger partial charge in [-0.25, -0.2) is 0 Å². The van der Waals surface area contributed by atoms with Crippen molar-refractivity contribution in [1.82, 2.24) is 14.9 Å². The van der Waals surface area contributed by atoms with Gasteiger partial charge in [0.2, 0.25) is 5.91 Å². The summed E-state index contributed by atoms with van der Waals surface area (Å²) in [5.74, 6) is -0.199. The summed E-state index contributed by atoms with van der Waals surface area (Å²) in [6, 6.07) is 24.1. The van der Waals surface area contributed by atoms with Gasteiger partial charge in [-0.2, -0.15) is 0 Å². The summed E-state index contributed by atoms with van der Waals surface area (Å²) in [5, 5.41) is 7.01.